The molecule has 0 aromatic carbocycles. The Hall–Kier alpha value is -0.0800. The number of rotatable bonds is 8. The van der Waals surface area contributed by atoms with Gasteiger partial charge in [-0.1, -0.05) is 6.92 Å². The summed E-state index contributed by atoms with van der Waals surface area (Å²) in [4.78, 5) is 6.86. The Balaban J connectivity index is 0.00000441. The molecule has 1 aliphatic rings. The van der Waals surface area contributed by atoms with E-state index in [0.717, 1.165) is 25.5 Å². The quantitative estimate of drug-likeness (QED) is 0.271. The molecule has 0 atom stereocenters. The van der Waals surface area contributed by atoms with Crippen LogP contribution in [0.4, 0.5) is 0 Å². The van der Waals surface area contributed by atoms with Crippen LogP contribution in [0.1, 0.15) is 46.5 Å². The molecule has 0 radical (unpaired) electrons. The van der Waals surface area contributed by atoms with E-state index < -0.39 is 0 Å². The van der Waals surface area contributed by atoms with E-state index in [1.54, 1.807) is 0 Å². The average Bonchev–Trinajstić information content (AvgIpc) is 2.47. The lowest BCUT2D eigenvalue weighted by Gasteiger charge is -2.32. The largest absolute Gasteiger partial charge is 0.379 e. The van der Waals surface area contributed by atoms with Gasteiger partial charge in [0.25, 0.3) is 0 Å². The summed E-state index contributed by atoms with van der Waals surface area (Å²) in [5.41, 5.74) is 0. The molecule has 5 nitrogen and oxygen atoms in total. The Labute approximate surface area is 153 Å². The fraction of sp³-hybridized carbons (Fsp3) is 0.938. The zero-order chi connectivity index (χ0) is 15.5. The van der Waals surface area contributed by atoms with Crippen molar-refractivity contribution >= 4 is 29.9 Å². The molecule has 132 valence electrons. The lowest BCUT2D eigenvalue weighted by atomic mass is 10.1. The number of halogens is 1. The zero-order valence-corrected chi connectivity index (χ0v) is 17.1. The van der Waals surface area contributed by atoms with Gasteiger partial charge in [0.1, 0.15) is 0 Å². The van der Waals surface area contributed by atoms with Crippen molar-refractivity contribution in [2.75, 3.05) is 39.8 Å². The van der Waals surface area contributed by atoms with E-state index in [1.165, 1.54) is 38.9 Å². The average molecular weight is 426 g/mol. The van der Waals surface area contributed by atoms with Crippen LogP contribution >= 0.6 is 24.0 Å². The Morgan fingerprint density at radius 3 is 2.55 bits per heavy atom. The Morgan fingerprint density at radius 1 is 1.32 bits per heavy atom. The second kappa shape index (κ2) is 13.4. The molecule has 0 aromatic heterocycles. The predicted molar refractivity (Wildman–Crippen MR) is 105 cm³/mol. The van der Waals surface area contributed by atoms with E-state index in [4.69, 9.17) is 4.74 Å². The first-order valence-corrected chi connectivity index (χ1v) is 8.46. The maximum atomic E-state index is 5.54. The number of hydrogen-bond donors (Lipinski definition) is 2. The van der Waals surface area contributed by atoms with Gasteiger partial charge in [-0.3, -0.25) is 4.99 Å². The van der Waals surface area contributed by atoms with E-state index in [9.17, 15) is 0 Å². The first-order chi connectivity index (χ1) is 10.2. The first-order valence-electron chi connectivity index (χ1n) is 8.46. The molecule has 1 heterocycles. The van der Waals surface area contributed by atoms with Crippen molar-refractivity contribution in [1.82, 2.24) is 15.5 Å². The van der Waals surface area contributed by atoms with Crippen LogP contribution < -0.4 is 10.6 Å². The van der Waals surface area contributed by atoms with Crippen LogP contribution in [-0.4, -0.2) is 62.8 Å². The summed E-state index contributed by atoms with van der Waals surface area (Å²) in [6, 6.07) is 0.552. The van der Waals surface area contributed by atoms with Crippen LogP contribution in [0.15, 0.2) is 4.99 Å². The van der Waals surface area contributed by atoms with Crippen LogP contribution in [-0.2, 0) is 4.74 Å². The van der Waals surface area contributed by atoms with Crippen molar-refractivity contribution < 1.29 is 4.74 Å². The third-order valence-electron chi connectivity index (χ3n) is 3.76. The minimum Gasteiger partial charge on any atom is -0.379 e. The highest BCUT2D eigenvalue weighted by molar-refractivity contribution is 14.0. The van der Waals surface area contributed by atoms with Gasteiger partial charge in [-0.15, -0.1) is 24.0 Å². The molecule has 0 amide bonds. The first kappa shape index (κ1) is 21.9. The Bertz CT molecular complexity index is 292. The Kier molecular flexibility index (Phi) is 13.3. The van der Waals surface area contributed by atoms with Gasteiger partial charge in [0.2, 0.25) is 0 Å². The van der Waals surface area contributed by atoms with Crippen LogP contribution in [0, 0.1) is 0 Å². The zero-order valence-electron chi connectivity index (χ0n) is 14.7. The molecular formula is C16H35IN4O. The SMILES string of the molecule is CCCN1CCC(NC(=NC)NCCCOC(C)C)CC1.I. The second-order valence-electron chi connectivity index (χ2n) is 6.03. The highest BCUT2D eigenvalue weighted by Gasteiger charge is 2.19. The summed E-state index contributed by atoms with van der Waals surface area (Å²) < 4.78 is 5.54. The van der Waals surface area contributed by atoms with Crippen LogP contribution in [0.5, 0.6) is 0 Å². The fourth-order valence-electron chi connectivity index (χ4n) is 2.60. The van der Waals surface area contributed by atoms with Crippen molar-refractivity contribution in [3.8, 4) is 0 Å². The monoisotopic (exact) mass is 426 g/mol. The second-order valence-corrected chi connectivity index (χ2v) is 6.03. The highest BCUT2D eigenvalue weighted by atomic mass is 127. The van der Waals surface area contributed by atoms with E-state index in [1.807, 2.05) is 7.05 Å². The van der Waals surface area contributed by atoms with Gasteiger partial charge in [-0.25, -0.2) is 0 Å². The van der Waals surface area contributed by atoms with Gasteiger partial charge in [0.15, 0.2) is 5.96 Å². The number of piperidine rings is 1. The molecule has 0 spiro atoms. The molecule has 22 heavy (non-hydrogen) atoms. The molecule has 0 aromatic rings. The van der Waals surface area contributed by atoms with Gasteiger partial charge in [0.05, 0.1) is 6.10 Å². The Morgan fingerprint density at radius 2 is 2.00 bits per heavy atom. The predicted octanol–water partition coefficient (Wildman–Crippen LogP) is 2.46. The topological polar surface area (TPSA) is 48.9 Å². The maximum absolute atomic E-state index is 5.54. The molecular weight excluding hydrogens is 391 g/mol. The molecule has 1 saturated heterocycles. The van der Waals surface area contributed by atoms with Gasteiger partial charge in [-0.2, -0.15) is 0 Å². The summed E-state index contributed by atoms with van der Waals surface area (Å²) in [6.45, 7) is 11.7. The molecule has 0 saturated carbocycles. The standard InChI is InChI=1S/C16H34N4O.HI/c1-5-10-20-11-7-15(8-12-20)19-16(17-4)18-9-6-13-21-14(2)3;/h14-15H,5-13H2,1-4H3,(H2,17,18,19);1H. The smallest absolute Gasteiger partial charge is 0.191 e. The summed E-state index contributed by atoms with van der Waals surface area (Å²) in [5.74, 6) is 0.925. The highest BCUT2D eigenvalue weighted by Crippen LogP contribution is 2.10. The van der Waals surface area contributed by atoms with Gasteiger partial charge in [0, 0.05) is 39.3 Å². The van der Waals surface area contributed by atoms with Gasteiger partial charge < -0.3 is 20.3 Å². The molecule has 0 aliphatic carbocycles. The third-order valence-corrected chi connectivity index (χ3v) is 3.76. The van der Waals surface area contributed by atoms with Crippen LogP contribution in [0.3, 0.4) is 0 Å². The molecule has 1 fully saturated rings. The van der Waals surface area contributed by atoms with Gasteiger partial charge in [-0.05, 0) is 46.1 Å². The number of ether oxygens (including phenoxy) is 1. The third kappa shape index (κ3) is 9.84. The lowest BCUT2D eigenvalue weighted by molar-refractivity contribution is 0.0776. The van der Waals surface area contributed by atoms with E-state index in [0.29, 0.717) is 12.1 Å². The van der Waals surface area contributed by atoms with E-state index in [2.05, 4.69) is 41.3 Å². The minimum absolute atomic E-state index is 0. The lowest BCUT2D eigenvalue weighted by Crippen LogP contribution is -2.49. The molecule has 1 rings (SSSR count). The van der Waals surface area contributed by atoms with Crippen molar-refractivity contribution in [3.05, 3.63) is 0 Å². The number of guanidine groups is 1. The van der Waals surface area contributed by atoms with Crippen LogP contribution in [0.25, 0.3) is 0 Å². The van der Waals surface area contributed by atoms with E-state index >= 15 is 0 Å². The van der Waals surface area contributed by atoms with E-state index in [-0.39, 0.29) is 24.0 Å². The molecule has 2 N–H and O–H groups in total. The number of hydrogen-bond acceptors (Lipinski definition) is 3. The van der Waals surface area contributed by atoms with Crippen molar-refractivity contribution in [2.45, 2.75) is 58.6 Å². The molecule has 6 heteroatoms. The van der Waals surface area contributed by atoms with Crippen molar-refractivity contribution in [3.63, 3.8) is 0 Å². The summed E-state index contributed by atoms with van der Waals surface area (Å²) in [5, 5.41) is 6.91. The summed E-state index contributed by atoms with van der Waals surface area (Å²) >= 11 is 0. The maximum Gasteiger partial charge on any atom is 0.191 e. The van der Waals surface area contributed by atoms with Crippen LogP contribution in [0.2, 0.25) is 0 Å². The normalized spacial score (nSPS) is 17.4. The summed E-state index contributed by atoms with van der Waals surface area (Å²) in [7, 11) is 1.84. The molecule has 0 bridgehead atoms. The minimum atomic E-state index is 0. The fourth-order valence-corrected chi connectivity index (χ4v) is 2.60. The number of likely N-dealkylation sites (tertiary alicyclic amines) is 1. The molecule has 0 unspecified atom stereocenters. The van der Waals surface area contributed by atoms with Gasteiger partial charge >= 0.3 is 0 Å². The van der Waals surface area contributed by atoms with Crippen molar-refractivity contribution in [2.24, 2.45) is 4.99 Å². The number of nitrogens with zero attached hydrogens (tertiary/aromatic N) is 2. The summed E-state index contributed by atoms with van der Waals surface area (Å²) in [6.07, 6.45) is 4.98. The van der Waals surface area contributed by atoms with Crippen molar-refractivity contribution in [1.29, 1.82) is 0 Å². The molecule has 1 aliphatic heterocycles. The number of aliphatic imine (C=N–C) groups is 1. The number of nitrogens with one attached hydrogen (secondary N) is 2.